The molecular formula is C27H35N7O2. The molecule has 0 bridgehead atoms. The van der Waals surface area contributed by atoms with Gasteiger partial charge in [-0.05, 0) is 44.8 Å². The van der Waals surface area contributed by atoms with Crippen LogP contribution in [0.2, 0.25) is 0 Å². The highest BCUT2D eigenvalue weighted by atomic mass is 16.5. The highest BCUT2D eigenvalue weighted by molar-refractivity contribution is 5.96. The summed E-state index contributed by atoms with van der Waals surface area (Å²) in [5.74, 6) is 1.95. The summed E-state index contributed by atoms with van der Waals surface area (Å²) in [7, 11) is 11.5. The van der Waals surface area contributed by atoms with Crippen LogP contribution in [0.25, 0.3) is 22.2 Å². The number of ether oxygens (including phenoxy) is 2. The van der Waals surface area contributed by atoms with Crippen LogP contribution in [0.5, 0.6) is 11.5 Å². The first-order chi connectivity index (χ1) is 17.2. The van der Waals surface area contributed by atoms with Gasteiger partial charge in [-0.3, -0.25) is 0 Å². The van der Waals surface area contributed by atoms with Crippen molar-refractivity contribution in [1.29, 1.82) is 0 Å². The van der Waals surface area contributed by atoms with E-state index >= 15 is 0 Å². The number of anilines is 4. The quantitative estimate of drug-likeness (QED) is 0.337. The maximum Gasteiger partial charge on any atom is 0.227 e. The van der Waals surface area contributed by atoms with E-state index in [1.807, 2.05) is 51.5 Å². The number of aromatic nitrogens is 3. The van der Waals surface area contributed by atoms with Crippen molar-refractivity contribution in [2.45, 2.75) is 6.92 Å². The van der Waals surface area contributed by atoms with Crippen molar-refractivity contribution in [3.8, 4) is 22.8 Å². The van der Waals surface area contributed by atoms with Crippen LogP contribution in [0.1, 0.15) is 5.56 Å². The molecule has 0 aliphatic carbocycles. The number of aryl methyl sites for hydroxylation is 2. The van der Waals surface area contributed by atoms with Gasteiger partial charge in [-0.25, -0.2) is 9.97 Å². The number of nitrogen functional groups attached to an aromatic ring is 1. The maximum atomic E-state index is 6.43. The van der Waals surface area contributed by atoms with Gasteiger partial charge >= 0.3 is 0 Å². The highest BCUT2D eigenvalue weighted by Crippen LogP contribution is 2.37. The Morgan fingerprint density at radius 1 is 1.06 bits per heavy atom. The van der Waals surface area contributed by atoms with E-state index in [-0.39, 0.29) is 0 Å². The Morgan fingerprint density at radius 3 is 2.53 bits per heavy atom. The predicted octanol–water partition coefficient (Wildman–Crippen LogP) is 4.28. The van der Waals surface area contributed by atoms with Crippen LogP contribution in [-0.2, 0) is 7.05 Å². The number of hydrogen-bond acceptors (Lipinski definition) is 8. The first-order valence-electron chi connectivity index (χ1n) is 11.8. The fraction of sp³-hybridized carbons (Fsp3) is 0.333. The number of nitrogens with one attached hydrogen (secondary N) is 1. The van der Waals surface area contributed by atoms with Gasteiger partial charge in [0.2, 0.25) is 5.95 Å². The molecule has 9 heteroatoms. The number of benzene rings is 2. The van der Waals surface area contributed by atoms with E-state index in [0.29, 0.717) is 23.1 Å². The number of fused-ring (bicyclic) bond motifs is 1. The molecule has 0 unspecified atom stereocenters. The second-order valence-electron chi connectivity index (χ2n) is 9.22. The van der Waals surface area contributed by atoms with Gasteiger partial charge in [0.05, 0.1) is 42.5 Å². The molecule has 2 aromatic heterocycles. The lowest BCUT2D eigenvalue weighted by Crippen LogP contribution is -2.29. The van der Waals surface area contributed by atoms with Crippen molar-refractivity contribution in [3.63, 3.8) is 0 Å². The highest BCUT2D eigenvalue weighted by Gasteiger charge is 2.17. The summed E-state index contributed by atoms with van der Waals surface area (Å²) in [5, 5.41) is 4.41. The minimum absolute atomic E-state index is 0.465. The Kier molecular flexibility index (Phi) is 7.21. The van der Waals surface area contributed by atoms with E-state index in [4.69, 9.17) is 20.2 Å². The number of nitrogens with zero attached hydrogens (tertiary/aromatic N) is 5. The lowest BCUT2D eigenvalue weighted by atomic mass is 10.1. The molecular weight excluding hydrogens is 454 g/mol. The third kappa shape index (κ3) is 5.01. The molecule has 0 aliphatic rings. The van der Waals surface area contributed by atoms with Crippen molar-refractivity contribution < 1.29 is 9.47 Å². The summed E-state index contributed by atoms with van der Waals surface area (Å²) >= 11 is 0. The van der Waals surface area contributed by atoms with Gasteiger partial charge in [-0.15, -0.1) is 0 Å². The second-order valence-corrected chi connectivity index (χ2v) is 9.22. The van der Waals surface area contributed by atoms with Crippen LogP contribution in [0.15, 0.2) is 42.7 Å². The van der Waals surface area contributed by atoms with Crippen LogP contribution in [0, 0.1) is 6.92 Å². The minimum Gasteiger partial charge on any atom is -0.497 e. The molecule has 0 saturated heterocycles. The zero-order valence-corrected chi connectivity index (χ0v) is 22.1. The van der Waals surface area contributed by atoms with Crippen LogP contribution in [0.4, 0.5) is 23.0 Å². The van der Waals surface area contributed by atoms with E-state index in [1.54, 1.807) is 14.2 Å². The fourth-order valence-electron chi connectivity index (χ4n) is 4.23. The molecule has 0 amide bonds. The number of hydrogen-bond donors (Lipinski definition) is 2. The van der Waals surface area contributed by atoms with Gasteiger partial charge in [-0.1, -0.05) is 0 Å². The molecule has 0 aliphatic heterocycles. The number of rotatable bonds is 9. The summed E-state index contributed by atoms with van der Waals surface area (Å²) in [4.78, 5) is 13.7. The Labute approximate surface area is 212 Å². The Morgan fingerprint density at radius 2 is 1.83 bits per heavy atom. The molecule has 36 heavy (non-hydrogen) atoms. The van der Waals surface area contributed by atoms with Gasteiger partial charge in [-0.2, -0.15) is 0 Å². The second kappa shape index (κ2) is 10.3. The average Bonchev–Trinajstić information content (AvgIpc) is 3.19. The number of nitrogens with two attached hydrogens (primary N) is 1. The Bertz CT molecular complexity index is 1380. The van der Waals surface area contributed by atoms with Crippen molar-refractivity contribution >= 4 is 33.9 Å². The first-order valence-corrected chi connectivity index (χ1v) is 11.8. The van der Waals surface area contributed by atoms with Gasteiger partial charge < -0.3 is 34.9 Å². The zero-order valence-electron chi connectivity index (χ0n) is 22.1. The van der Waals surface area contributed by atoms with Crippen LogP contribution in [-0.4, -0.2) is 67.9 Å². The van der Waals surface area contributed by atoms with Crippen molar-refractivity contribution in [1.82, 2.24) is 19.4 Å². The standard InChI is InChI=1S/C27H35N7O2/c1-17-15-29-27(31-26(17)20-16-34(5)23-12-18(35-6)8-9-19(20)23)30-22-13-21(28)24(14-25(22)36-7)33(4)11-10-32(2)3/h8-9,12-16H,10-11,28H2,1-7H3,(H,29,30,31). The van der Waals surface area contributed by atoms with Gasteiger partial charge in [0, 0.05) is 62.7 Å². The fourth-order valence-corrected chi connectivity index (χ4v) is 4.23. The minimum atomic E-state index is 0.465. The van der Waals surface area contributed by atoms with E-state index in [9.17, 15) is 0 Å². The molecule has 4 rings (SSSR count). The third-order valence-electron chi connectivity index (χ3n) is 6.31. The molecule has 0 saturated carbocycles. The SMILES string of the molecule is COc1ccc2c(-c3nc(Nc4cc(N)c(N(C)CCN(C)C)cc4OC)ncc3C)cn(C)c2c1. The Hall–Kier alpha value is -3.98. The molecule has 0 fully saturated rings. The molecule has 2 aromatic carbocycles. The molecule has 190 valence electrons. The molecule has 4 aromatic rings. The van der Waals surface area contributed by atoms with Crippen molar-refractivity contribution in [2.75, 3.05) is 64.4 Å². The molecule has 2 heterocycles. The third-order valence-corrected chi connectivity index (χ3v) is 6.31. The van der Waals surface area contributed by atoms with Crippen LogP contribution < -0.4 is 25.4 Å². The lowest BCUT2D eigenvalue weighted by molar-refractivity contribution is 0.413. The number of methoxy groups -OCH3 is 2. The monoisotopic (exact) mass is 489 g/mol. The molecule has 0 spiro atoms. The number of likely N-dealkylation sites (N-methyl/N-ethyl adjacent to an activating group) is 2. The van der Waals surface area contributed by atoms with Crippen molar-refractivity contribution in [3.05, 3.63) is 48.3 Å². The van der Waals surface area contributed by atoms with Gasteiger partial charge in [0.1, 0.15) is 11.5 Å². The van der Waals surface area contributed by atoms with Crippen LogP contribution in [0.3, 0.4) is 0 Å². The maximum absolute atomic E-state index is 6.43. The summed E-state index contributed by atoms with van der Waals surface area (Å²) < 4.78 is 13.2. The van der Waals surface area contributed by atoms with Crippen LogP contribution >= 0.6 is 0 Å². The smallest absolute Gasteiger partial charge is 0.227 e. The van der Waals surface area contributed by atoms with Crippen molar-refractivity contribution in [2.24, 2.45) is 7.05 Å². The van der Waals surface area contributed by atoms with E-state index in [1.165, 1.54) is 0 Å². The largest absolute Gasteiger partial charge is 0.497 e. The van der Waals surface area contributed by atoms with Gasteiger partial charge in [0.25, 0.3) is 0 Å². The topological polar surface area (TPSA) is 93.7 Å². The Balaban J connectivity index is 1.68. The van der Waals surface area contributed by atoms with E-state index < -0.39 is 0 Å². The summed E-state index contributed by atoms with van der Waals surface area (Å²) in [6, 6.07) is 9.87. The molecule has 0 radical (unpaired) electrons. The summed E-state index contributed by atoms with van der Waals surface area (Å²) in [5.41, 5.74) is 12.6. The zero-order chi connectivity index (χ0) is 26.0. The average molecular weight is 490 g/mol. The normalized spacial score (nSPS) is 11.2. The molecule has 9 nitrogen and oxygen atoms in total. The molecule has 3 N–H and O–H groups in total. The lowest BCUT2D eigenvalue weighted by Gasteiger charge is -2.24. The summed E-state index contributed by atoms with van der Waals surface area (Å²) in [6.07, 6.45) is 3.91. The predicted molar refractivity (Wildman–Crippen MR) is 148 cm³/mol. The molecule has 0 atom stereocenters. The van der Waals surface area contributed by atoms with E-state index in [2.05, 4.69) is 51.0 Å². The summed E-state index contributed by atoms with van der Waals surface area (Å²) in [6.45, 7) is 3.77. The first kappa shape index (κ1) is 25.1. The van der Waals surface area contributed by atoms with E-state index in [0.717, 1.165) is 52.3 Å². The van der Waals surface area contributed by atoms with Gasteiger partial charge in [0.15, 0.2) is 0 Å².